The quantitative estimate of drug-likeness (QED) is 0.207. The number of pyridine rings is 1. The van der Waals surface area contributed by atoms with Crippen molar-refractivity contribution in [2.75, 3.05) is 13.7 Å². The molecule has 3 aromatic carbocycles. The Labute approximate surface area is 241 Å². The molecule has 0 aliphatic heterocycles. The van der Waals surface area contributed by atoms with Crippen LogP contribution in [0.15, 0.2) is 96.0 Å². The molecule has 0 aliphatic rings. The van der Waals surface area contributed by atoms with Gasteiger partial charge < -0.3 is 14.8 Å². The zero-order chi connectivity index (χ0) is 29.4. The minimum Gasteiger partial charge on any atom is -0.496 e. The predicted octanol–water partition coefficient (Wildman–Crippen LogP) is 4.05. The van der Waals surface area contributed by atoms with E-state index in [-0.39, 0.29) is 28.6 Å². The third-order valence-electron chi connectivity index (χ3n) is 5.75. The molecule has 10 nitrogen and oxygen atoms in total. The number of carbonyl (C=O) groups excluding carboxylic acids is 3. The fourth-order valence-electron chi connectivity index (χ4n) is 3.65. The molecule has 2 amide bonds. The van der Waals surface area contributed by atoms with Crippen LogP contribution in [-0.4, -0.2) is 44.8 Å². The smallest absolute Gasteiger partial charge is 0.362 e. The zero-order valence-corrected chi connectivity index (χ0v) is 23.2. The second kappa shape index (κ2) is 13.1. The number of halogens is 1. The van der Waals surface area contributed by atoms with Gasteiger partial charge in [-0.1, -0.05) is 41.9 Å². The predicted molar refractivity (Wildman–Crippen MR) is 151 cm³/mol. The molecular formula is C29H24ClN3O7S. The third kappa shape index (κ3) is 7.68. The highest BCUT2D eigenvalue weighted by Crippen LogP contribution is 2.22. The van der Waals surface area contributed by atoms with Crippen molar-refractivity contribution in [2.24, 2.45) is 0 Å². The first kappa shape index (κ1) is 29.2. The van der Waals surface area contributed by atoms with E-state index in [0.717, 1.165) is 11.8 Å². The second-order valence-electron chi connectivity index (χ2n) is 8.56. The molecule has 0 saturated heterocycles. The van der Waals surface area contributed by atoms with Crippen molar-refractivity contribution in [1.29, 1.82) is 0 Å². The van der Waals surface area contributed by atoms with Crippen LogP contribution in [0.5, 0.6) is 11.5 Å². The van der Waals surface area contributed by atoms with Crippen molar-refractivity contribution in [3.8, 4) is 11.5 Å². The second-order valence-corrected chi connectivity index (χ2v) is 10.7. The number of amides is 2. The fourth-order valence-corrected chi connectivity index (χ4v) is 4.79. The first-order valence-corrected chi connectivity index (χ1v) is 14.0. The number of hydrogen-bond donors (Lipinski definition) is 2. The molecule has 0 bridgehead atoms. The third-order valence-corrected chi connectivity index (χ3v) is 7.34. The molecule has 2 N–H and O–H groups in total. The molecule has 0 saturated carbocycles. The summed E-state index contributed by atoms with van der Waals surface area (Å²) in [5.74, 6) is -1.27. The van der Waals surface area contributed by atoms with E-state index >= 15 is 0 Å². The number of nitrogens with zero attached hydrogens (tertiary/aromatic N) is 1. The first-order chi connectivity index (χ1) is 19.7. The van der Waals surface area contributed by atoms with E-state index in [0.29, 0.717) is 28.5 Å². The van der Waals surface area contributed by atoms with Crippen molar-refractivity contribution in [1.82, 2.24) is 15.0 Å². The van der Waals surface area contributed by atoms with E-state index in [2.05, 4.69) is 10.3 Å². The molecule has 0 fully saturated rings. The van der Waals surface area contributed by atoms with Crippen LogP contribution in [0.2, 0.25) is 5.02 Å². The SMILES string of the molecule is COc1ccc(Cl)cc1C(=O)NCCc1ccc(S(=O)(=O)NC(=O)c2ccc(C(=O)Oc3ccccc3)nc2)cc1. The van der Waals surface area contributed by atoms with Gasteiger partial charge in [0.05, 0.1) is 23.1 Å². The maximum absolute atomic E-state index is 12.7. The van der Waals surface area contributed by atoms with Crippen molar-refractivity contribution >= 4 is 39.4 Å². The number of nitrogens with one attached hydrogen (secondary N) is 2. The average molecular weight is 594 g/mol. The number of methoxy groups -OCH3 is 1. The van der Waals surface area contributed by atoms with Gasteiger partial charge in [0.15, 0.2) is 0 Å². The van der Waals surface area contributed by atoms with Gasteiger partial charge in [-0.05, 0) is 66.6 Å². The maximum Gasteiger partial charge on any atom is 0.362 e. The van der Waals surface area contributed by atoms with Crippen molar-refractivity contribution in [3.63, 3.8) is 0 Å². The van der Waals surface area contributed by atoms with Crippen LogP contribution in [0.3, 0.4) is 0 Å². The van der Waals surface area contributed by atoms with E-state index in [1.807, 2.05) is 4.72 Å². The molecule has 1 aromatic heterocycles. The summed E-state index contributed by atoms with van der Waals surface area (Å²) in [5, 5.41) is 3.17. The number of hydrogen-bond acceptors (Lipinski definition) is 8. The summed E-state index contributed by atoms with van der Waals surface area (Å²) in [7, 11) is -2.73. The van der Waals surface area contributed by atoms with Gasteiger partial charge in [-0.3, -0.25) is 9.59 Å². The number of aromatic nitrogens is 1. The Morgan fingerprint density at radius 1 is 0.902 bits per heavy atom. The normalized spacial score (nSPS) is 10.9. The largest absolute Gasteiger partial charge is 0.496 e. The van der Waals surface area contributed by atoms with Crippen LogP contribution in [0.1, 0.15) is 36.8 Å². The highest BCUT2D eigenvalue weighted by Gasteiger charge is 2.20. The Morgan fingerprint density at radius 3 is 2.29 bits per heavy atom. The summed E-state index contributed by atoms with van der Waals surface area (Å²) < 4.78 is 37.9. The molecule has 1 heterocycles. The highest BCUT2D eigenvalue weighted by atomic mass is 35.5. The summed E-state index contributed by atoms with van der Waals surface area (Å²) in [5.41, 5.74) is 0.949. The Kier molecular flexibility index (Phi) is 9.33. The van der Waals surface area contributed by atoms with Crippen LogP contribution in [0.25, 0.3) is 0 Å². The molecule has 0 unspecified atom stereocenters. The molecule has 0 aliphatic carbocycles. The number of carbonyl (C=O) groups is 3. The monoisotopic (exact) mass is 593 g/mol. The van der Waals surface area contributed by atoms with Crippen molar-refractivity contribution < 1.29 is 32.3 Å². The molecule has 41 heavy (non-hydrogen) atoms. The van der Waals surface area contributed by atoms with E-state index in [4.69, 9.17) is 21.1 Å². The summed E-state index contributed by atoms with van der Waals surface area (Å²) in [6, 6.07) is 21.5. The lowest BCUT2D eigenvalue weighted by Crippen LogP contribution is -2.30. The molecule has 210 valence electrons. The Bertz CT molecular complexity index is 1660. The minimum atomic E-state index is -4.19. The number of rotatable bonds is 10. The van der Waals surface area contributed by atoms with E-state index in [9.17, 15) is 22.8 Å². The molecule has 4 rings (SSSR count). The van der Waals surface area contributed by atoms with Crippen molar-refractivity contribution in [3.05, 3.63) is 119 Å². The summed E-state index contributed by atoms with van der Waals surface area (Å²) in [6.45, 7) is 0.277. The molecule has 0 radical (unpaired) electrons. The van der Waals surface area contributed by atoms with Gasteiger partial charge in [0, 0.05) is 17.8 Å². The van der Waals surface area contributed by atoms with Gasteiger partial charge in [0.2, 0.25) is 0 Å². The van der Waals surface area contributed by atoms with Gasteiger partial charge in [0.25, 0.3) is 21.8 Å². The Morgan fingerprint density at radius 2 is 1.63 bits per heavy atom. The molecule has 12 heteroatoms. The van der Waals surface area contributed by atoms with E-state index < -0.39 is 21.9 Å². The molecular weight excluding hydrogens is 570 g/mol. The van der Waals surface area contributed by atoms with E-state index in [1.54, 1.807) is 54.6 Å². The van der Waals surface area contributed by atoms with Crippen LogP contribution < -0.4 is 19.5 Å². The lowest BCUT2D eigenvalue weighted by Gasteiger charge is -2.10. The summed E-state index contributed by atoms with van der Waals surface area (Å²) in [6.07, 6.45) is 1.51. The first-order valence-electron chi connectivity index (χ1n) is 12.2. The van der Waals surface area contributed by atoms with Crippen LogP contribution in [-0.2, 0) is 16.4 Å². The van der Waals surface area contributed by atoms with Gasteiger partial charge in [-0.2, -0.15) is 0 Å². The van der Waals surface area contributed by atoms with Gasteiger partial charge >= 0.3 is 5.97 Å². The summed E-state index contributed by atoms with van der Waals surface area (Å²) in [4.78, 5) is 41.1. The van der Waals surface area contributed by atoms with E-state index in [1.165, 1.54) is 37.4 Å². The van der Waals surface area contributed by atoms with Gasteiger partial charge in [-0.15, -0.1) is 0 Å². The lowest BCUT2D eigenvalue weighted by molar-refractivity contribution is 0.0727. The number of ether oxygens (including phenoxy) is 2. The average Bonchev–Trinajstić information content (AvgIpc) is 2.97. The number of esters is 1. The topological polar surface area (TPSA) is 141 Å². The van der Waals surface area contributed by atoms with Gasteiger partial charge in [-0.25, -0.2) is 22.9 Å². The number of para-hydroxylation sites is 1. The van der Waals surface area contributed by atoms with Crippen LogP contribution >= 0.6 is 11.6 Å². The number of benzene rings is 3. The number of sulfonamides is 1. The lowest BCUT2D eigenvalue weighted by atomic mass is 10.1. The standard InChI is InChI=1S/C29H24ClN3O7S/c1-39-26-14-10-21(30)17-24(26)28(35)31-16-15-19-7-11-23(12-8-19)41(37,38)33-27(34)20-9-13-25(32-18-20)29(36)40-22-5-3-2-4-6-22/h2-14,17-18H,15-16H2,1H3,(H,31,35)(H,33,34). The zero-order valence-electron chi connectivity index (χ0n) is 21.7. The maximum atomic E-state index is 12.7. The molecule has 4 aromatic rings. The Balaban J connectivity index is 1.31. The highest BCUT2D eigenvalue weighted by molar-refractivity contribution is 7.90. The molecule has 0 spiro atoms. The van der Waals surface area contributed by atoms with Crippen LogP contribution in [0, 0.1) is 0 Å². The van der Waals surface area contributed by atoms with Crippen molar-refractivity contribution in [2.45, 2.75) is 11.3 Å². The van der Waals surface area contributed by atoms with Gasteiger partial charge in [0.1, 0.15) is 17.2 Å². The summed E-state index contributed by atoms with van der Waals surface area (Å²) >= 11 is 5.98. The Hall–Kier alpha value is -4.74. The van der Waals surface area contributed by atoms with Crippen LogP contribution in [0.4, 0.5) is 0 Å². The fraction of sp³-hybridized carbons (Fsp3) is 0.103. The molecule has 0 atom stereocenters. The minimum absolute atomic E-state index is 0.0493.